The Hall–Kier alpha value is -1.10. The minimum atomic E-state index is -0.734. The van der Waals surface area contributed by atoms with Crippen LogP contribution in [-0.2, 0) is 11.2 Å². The minimum absolute atomic E-state index is 0.231. The lowest BCUT2D eigenvalue weighted by atomic mass is 10.2. The Kier molecular flexibility index (Phi) is 3.88. The first-order chi connectivity index (χ1) is 6.59. The van der Waals surface area contributed by atoms with E-state index < -0.39 is 5.97 Å². The summed E-state index contributed by atoms with van der Waals surface area (Å²) in [5.74, 6) is -0.734. The molecule has 0 saturated heterocycles. The number of carbonyl (C=O) groups is 1. The molecule has 1 rings (SSSR count). The molecule has 5 heteroatoms. The van der Waals surface area contributed by atoms with Crippen molar-refractivity contribution >= 4 is 22.4 Å². The second-order valence-corrected chi connectivity index (χ2v) is 4.34. The summed E-state index contributed by atoms with van der Waals surface area (Å²) in [7, 11) is 3.89. The van der Waals surface area contributed by atoms with Crippen LogP contribution in [0.2, 0.25) is 0 Å². The van der Waals surface area contributed by atoms with Crippen LogP contribution < -0.4 is 4.90 Å². The van der Waals surface area contributed by atoms with E-state index in [1.54, 1.807) is 11.3 Å². The first-order valence-corrected chi connectivity index (χ1v) is 5.25. The lowest BCUT2D eigenvalue weighted by molar-refractivity contribution is -0.137. The maximum Gasteiger partial charge on any atom is 0.303 e. The van der Waals surface area contributed by atoms with E-state index in [4.69, 9.17) is 5.11 Å². The Balaban J connectivity index is 2.40. The quantitative estimate of drug-likeness (QED) is 0.809. The van der Waals surface area contributed by atoms with Crippen LogP contribution >= 0.6 is 11.3 Å². The molecule has 0 aliphatic heterocycles. The Morgan fingerprint density at radius 3 is 2.86 bits per heavy atom. The summed E-state index contributed by atoms with van der Waals surface area (Å²) in [6.07, 6.45) is 3.54. The van der Waals surface area contributed by atoms with Gasteiger partial charge < -0.3 is 10.0 Å². The van der Waals surface area contributed by atoms with Crippen molar-refractivity contribution in [1.82, 2.24) is 4.98 Å². The van der Waals surface area contributed by atoms with E-state index in [1.807, 2.05) is 25.2 Å². The van der Waals surface area contributed by atoms with Crippen molar-refractivity contribution < 1.29 is 9.90 Å². The molecule has 1 aromatic rings. The molecule has 0 radical (unpaired) electrons. The molecular formula is C9H14N2O2S. The van der Waals surface area contributed by atoms with Crippen LogP contribution in [0, 0.1) is 0 Å². The summed E-state index contributed by atoms with van der Waals surface area (Å²) < 4.78 is 0. The predicted octanol–water partition coefficient (Wildman–Crippen LogP) is 1.62. The SMILES string of the molecule is CN(C)c1ncc(CCCC(=O)O)s1. The lowest BCUT2D eigenvalue weighted by Gasteiger charge is -2.05. The van der Waals surface area contributed by atoms with Gasteiger partial charge in [0.15, 0.2) is 5.13 Å². The predicted molar refractivity (Wildman–Crippen MR) is 57.0 cm³/mol. The molecule has 0 amide bonds. The fourth-order valence-corrected chi connectivity index (χ4v) is 1.91. The first-order valence-electron chi connectivity index (χ1n) is 4.43. The Morgan fingerprint density at radius 1 is 1.64 bits per heavy atom. The highest BCUT2D eigenvalue weighted by Gasteiger charge is 2.04. The summed E-state index contributed by atoms with van der Waals surface area (Å²) in [6.45, 7) is 0. The van der Waals surface area contributed by atoms with Crippen LogP contribution in [0.4, 0.5) is 5.13 Å². The van der Waals surface area contributed by atoms with E-state index in [2.05, 4.69) is 4.98 Å². The van der Waals surface area contributed by atoms with Gasteiger partial charge in [-0.1, -0.05) is 0 Å². The fraction of sp³-hybridized carbons (Fsp3) is 0.556. The minimum Gasteiger partial charge on any atom is -0.481 e. The molecule has 1 heterocycles. The van der Waals surface area contributed by atoms with Gasteiger partial charge in [0, 0.05) is 31.6 Å². The number of aliphatic carboxylic acids is 1. The third kappa shape index (κ3) is 3.33. The van der Waals surface area contributed by atoms with Crippen LogP contribution in [0.1, 0.15) is 17.7 Å². The van der Waals surface area contributed by atoms with Gasteiger partial charge in [0.1, 0.15) is 0 Å². The Morgan fingerprint density at radius 2 is 2.36 bits per heavy atom. The van der Waals surface area contributed by atoms with Crippen LogP contribution in [0.25, 0.3) is 0 Å². The molecule has 4 nitrogen and oxygen atoms in total. The molecule has 0 aliphatic rings. The maximum absolute atomic E-state index is 10.3. The molecule has 0 aromatic carbocycles. The second-order valence-electron chi connectivity index (χ2n) is 3.25. The van der Waals surface area contributed by atoms with Gasteiger partial charge in [0.25, 0.3) is 0 Å². The van der Waals surface area contributed by atoms with Gasteiger partial charge in [-0.05, 0) is 12.8 Å². The summed E-state index contributed by atoms with van der Waals surface area (Å²) in [4.78, 5) is 17.6. The molecule has 1 N–H and O–H groups in total. The number of hydrogen-bond acceptors (Lipinski definition) is 4. The zero-order valence-corrected chi connectivity index (χ0v) is 9.17. The normalized spacial score (nSPS) is 10.1. The zero-order chi connectivity index (χ0) is 10.6. The average Bonchev–Trinajstić information content (AvgIpc) is 2.52. The van der Waals surface area contributed by atoms with E-state index in [-0.39, 0.29) is 6.42 Å². The lowest BCUT2D eigenvalue weighted by Crippen LogP contribution is -2.07. The van der Waals surface area contributed by atoms with Crippen molar-refractivity contribution in [1.29, 1.82) is 0 Å². The average molecular weight is 214 g/mol. The highest BCUT2D eigenvalue weighted by molar-refractivity contribution is 7.15. The molecule has 0 saturated carbocycles. The van der Waals surface area contributed by atoms with Crippen molar-refractivity contribution in [2.24, 2.45) is 0 Å². The Labute approximate surface area is 87.2 Å². The topological polar surface area (TPSA) is 53.4 Å². The number of carboxylic acids is 1. The van der Waals surface area contributed by atoms with Gasteiger partial charge in [0.2, 0.25) is 0 Å². The van der Waals surface area contributed by atoms with Crippen molar-refractivity contribution in [3.8, 4) is 0 Å². The van der Waals surface area contributed by atoms with Crippen LogP contribution in [0.5, 0.6) is 0 Å². The standard InChI is InChI=1S/C9H14N2O2S/c1-11(2)9-10-6-7(14-9)4-3-5-8(12)13/h6H,3-5H2,1-2H3,(H,12,13). The number of nitrogens with zero attached hydrogens (tertiary/aromatic N) is 2. The van der Waals surface area contributed by atoms with Gasteiger partial charge in [-0.15, -0.1) is 11.3 Å². The van der Waals surface area contributed by atoms with Crippen molar-refractivity contribution in [2.45, 2.75) is 19.3 Å². The number of anilines is 1. The van der Waals surface area contributed by atoms with E-state index >= 15 is 0 Å². The molecule has 0 spiro atoms. The summed E-state index contributed by atoms with van der Waals surface area (Å²) >= 11 is 1.61. The number of thiazole rings is 1. The largest absolute Gasteiger partial charge is 0.481 e. The highest BCUT2D eigenvalue weighted by Crippen LogP contribution is 2.21. The Bertz CT molecular complexity index is 310. The van der Waals surface area contributed by atoms with Crippen molar-refractivity contribution in [3.63, 3.8) is 0 Å². The maximum atomic E-state index is 10.3. The van der Waals surface area contributed by atoms with Gasteiger partial charge in [-0.25, -0.2) is 4.98 Å². The monoisotopic (exact) mass is 214 g/mol. The molecule has 0 unspecified atom stereocenters. The molecular weight excluding hydrogens is 200 g/mol. The van der Waals surface area contributed by atoms with Crippen LogP contribution in [0.3, 0.4) is 0 Å². The second kappa shape index (κ2) is 4.95. The molecule has 0 bridgehead atoms. The van der Waals surface area contributed by atoms with Gasteiger partial charge in [-0.2, -0.15) is 0 Å². The molecule has 0 fully saturated rings. The summed E-state index contributed by atoms with van der Waals surface area (Å²) in [6, 6.07) is 0. The van der Waals surface area contributed by atoms with Crippen molar-refractivity contribution in [3.05, 3.63) is 11.1 Å². The zero-order valence-electron chi connectivity index (χ0n) is 8.36. The van der Waals surface area contributed by atoms with Gasteiger partial charge in [0.05, 0.1) is 0 Å². The molecule has 78 valence electrons. The summed E-state index contributed by atoms with van der Waals surface area (Å²) in [5.41, 5.74) is 0. The first kappa shape index (κ1) is 11.0. The number of hydrogen-bond donors (Lipinski definition) is 1. The smallest absolute Gasteiger partial charge is 0.303 e. The molecule has 0 aliphatic carbocycles. The third-order valence-corrected chi connectivity index (χ3v) is 2.96. The number of aryl methyl sites for hydroxylation is 1. The van der Waals surface area contributed by atoms with Crippen LogP contribution in [0.15, 0.2) is 6.20 Å². The van der Waals surface area contributed by atoms with E-state index in [1.165, 1.54) is 0 Å². The number of carboxylic acid groups (broad SMARTS) is 1. The van der Waals surface area contributed by atoms with Crippen LogP contribution in [-0.4, -0.2) is 30.2 Å². The van der Waals surface area contributed by atoms with E-state index in [0.29, 0.717) is 6.42 Å². The number of aromatic nitrogens is 1. The highest BCUT2D eigenvalue weighted by atomic mass is 32.1. The fourth-order valence-electron chi connectivity index (χ4n) is 1.03. The van der Waals surface area contributed by atoms with Gasteiger partial charge >= 0.3 is 5.97 Å². The summed E-state index contributed by atoms with van der Waals surface area (Å²) in [5, 5.41) is 9.43. The number of rotatable bonds is 5. The van der Waals surface area contributed by atoms with E-state index in [0.717, 1.165) is 16.4 Å². The van der Waals surface area contributed by atoms with Gasteiger partial charge in [-0.3, -0.25) is 4.79 Å². The third-order valence-electron chi connectivity index (χ3n) is 1.74. The van der Waals surface area contributed by atoms with Crippen molar-refractivity contribution in [2.75, 3.05) is 19.0 Å². The molecule has 14 heavy (non-hydrogen) atoms. The molecule has 0 atom stereocenters. The van der Waals surface area contributed by atoms with E-state index in [9.17, 15) is 4.79 Å². The molecule has 1 aromatic heterocycles.